The number of halogens is 2. The van der Waals surface area contributed by atoms with Gasteiger partial charge in [-0.25, -0.2) is 4.39 Å². The van der Waals surface area contributed by atoms with Crippen molar-refractivity contribution < 1.29 is 4.39 Å². The van der Waals surface area contributed by atoms with Gasteiger partial charge in [-0.1, -0.05) is 44.7 Å². The third kappa shape index (κ3) is 5.49. The van der Waals surface area contributed by atoms with E-state index in [1.165, 1.54) is 38.2 Å². The minimum absolute atomic E-state index is 0.190. The summed E-state index contributed by atoms with van der Waals surface area (Å²) in [6.45, 7) is 5.13. The van der Waals surface area contributed by atoms with Crippen molar-refractivity contribution in [2.75, 3.05) is 0 Å². The average molecular weight is 316 g/mol. The third-order valence-electron chi connectivity index (χ3n) is 3.16. The van der Waals surface area contributed by atoms with Crippen LogP contribution in [0.2, 0.25) is 0 Å². The Morgan fingerprint density at radius 2 is 2.06 bits per heavy atom. The van der Waals surface area contributed by atoms with Gasteiger partial charge in [-0.2, -0.15) is 0 Å². The van der Waals surface area contributed by atoms with Crippen LogP contribution in [-0.2, 0) is 6.54 Å². The van der Waals surface area contributed by atoms with Gasteiger partial charge in [0, 0.05) is 12.6 Å². The number of nitrogens with one attached hydrogen (secondary N) is 1. The average Bonchev–Trinajstić information content (AvgIpc) is 2.36. The first-order chi connectivity index (χ1) is 8.65. The molecule has 18 heavy (non-hydrogen) atoms. The zero-order valence-corrected chi connectivity index (χ0v) is 12.9. The van der Waals surface area contributed by atoms with E-state index < -0.39 is 0 Å². The van der Waals surface area contributed by atoms with Gasteiger partial charge in [0.25, 0.3) is 0 Å². The van der Waals surface area contributed by atoms with E-state index >= 15 is 0 Å². The van der Waals surface area contributed by atoms with Crippen LogP contribution in [0, 0.1) is 5.82 Å². The first-order valence-corrected chi connectivity index (χ1v) is 7.60. The second-order valence-electron chi connectivity index (χ2n) is 4.84. The Morgan fingerprint density at radius 1 is 1.28 bits per heavy atom. The fourth-order valence-corrected chi connectivity index (χ4v) is 2.35. The molecule has 0 aromatic heterocycles. The minimum Gasteiger partial charge on any atom is -0.310 e. The number of hydrogen-bond acceptors (Lipinski definition) is 1. The summed E-state index contributed by atoms with van der Waals surface area (Å²) < 4.78 is 13.9. The van der Waals surface area contributed by atoms with Crippen molar-refractivity contribution >= 4 is 15.9 Å². The maximum absolute atomic E-state index is 13.3. The molecular weight excluding hydrogens is 293 g/mol. The maximum Gasteiger partial charge on any atom is 0.137 e. The van der Waals surface area contributed by atoms with Crippen LogP contribution in [0.5, 0.6) is 0 Å². The van der Waals surface area contributed by atoms with Gasteiger partial charge in [-0.05, 0) is 40.9 Å². The zero-order valence-electron chi connectivity index (χ0n) is 11.3. The highest BCUT2D eigenvalue weighted by Gasteiger charge is 2.06. The summed E-state index contributed by atoms with van der Waals surface area (Å²) in [6, 6.07) is 5.66. The van der Waals surface area contributed by atoms with Gasteiger partial charge in [0.2, 0.25) is 0 Å². The fourth-order valence-electron chi connectivity index (χ4n) is 1.95. The van der Waals surface area contributed by atoms with Crippen molar-refractivity contribution in [2.24, 2.45) is 0 Å². The lowest BCUT2D eigenvalue weighted by Gasteiger charge is -2.14. The van der Waals surface area contributed by atoms with Crippen LogP contribution in [0.4, 0.5) is 4.39 Å². The van der Waals surface area contributed by atoms with E-state index in [-0.39, 0.29) is 5.82 Å². The topological polar surface area (TPSA) is 12.0 Å². The molecule has 1 nitrogen and oxygen atoms in total. The molecule has 0 amide bonds. The molecule has 0 bridgehead atoms. The van der Waals surface area contributed by atoms with E-state index in [0.29, 0.717) is 17.1 Å². The molecule has 0 aliphatic heterocycles. The summed E-state index contributed by atoms with van der Waals surface area (Å²) in [5.41, 5.74) is 0.982. The summed E-state index contributed by atoms with van der Waals surface area (Å²) in [4.78, 5) is 0. The molecular formula is C15H23BrFN. The molecule has 1 unspecified atom stereocenters. The summed E-state index contributed by atoms with van der Waals surface area (Å²) in [7, 11) is 0. The highest BCUT2D eigenvalue weighted by Crippen LogP contribution is 2.20. The molecule has 0 saturated heterocycles. The smallest absolute Gasteiger partial charge is 0.137 e. The number of unbranched alkanes of at least 4 members (excludes halogenated alkanes) is 3. The van der Waals surface area contributed by atoms with Gasteiger partial charge < -0.3 is 5.32 Å². The summed E-state index contributed by atoms with van der Waals surface area (Å²) in [5.74, 6) is -0.190. The molecule has 1 aromatic rings. The molecule has 1 rings (SSSR count). The van der Waals surface area contributed by atoms with Crippen LogP contribution < -0.4 is 5.32 Å². The summed E-state index contributed by atoms with van der Waals surface area (Å²) in [6.07, 6.45) is 6.37. The highest BCUT2D eigenvalue weighted by molar-refractivity contribution is 9.10. The van der Waals surface area contributed by atoms with Crippen molar-refractivity contribution in [3.05, 3.63) is 34.1 Å². The van der Waals surface area contributed by atoms with E-state index in [2.05, 4.69) is 35.1 Å². The Labute approximate surface area is 118 Å². The van der Waals surface area contributed by atoms with Crippen LogP contribution in [-0.4, -0.2) is 6.04 Å². The molecule has 0 fully saturated rings. The minimum atomic E-state index is -0.190. The van der Waals surface area contributed by atoms with Crippen molar-refractivity contribution in [3.63, 3.8) is 0 Å². The van der Waals surface area contributed by atoms with Crippen LogP contribution in [0.1, 0.15) is 51.5 Å². The summed E-state index contributed by atoms with van der Waals surface area (Å²) in [5, 5.41) is 3.45. The zero-order chi connectivity index (χ0) is 13.4. The quantitative estimate of drug-likeness (QED) is 0.663. The predicted octanol–water partition coefficient (Wildman–Crippen LogP) is 5.04. The van der Waals surface area contributed by atoms with Crippen LogP contribution in [0.3, 0.4) is 0 Å². The van der Waals surface area contributed by atoms with Crippen LogP contribution in [0.15, 0.2) is 22.7 Å². The van der Waals surface area contributed by atoms with Gasteiger partial charge in [-0.3, -0.25) is 0 Å². The second kappa shape index (κ2) is 8.65. The van der Waals surface area contributed by atoms with E-state index in [9.17, 15) is 4.39 Å². The molecule has 1 N–H and O–H groups in total. The SMILES string of the molecule is CCCCCCC(C)NCc1cccc(F)c1Br. The van der Waals surface area contributed by atoms with Gasteiger partial charge in [0.15, 0.2) is 0 Å². The lowest BCUT2D eigenvalue weighted by molar-refractivity contribution is 0.481. The number of benzene rings is 1. The molecule has 0 spiro atoms. The Hall–Kier alpha value is -0.410. The molecule has 1 atom stereocenters. The fraction of sp³-hybridized carbons (Fsp3) is 0.600. The van der Waals surface area contributed by atoms with Crippen LogP contribution in [0.25, 0.3) is 0 Å². The highest BCUT2D eigenvalue weighted by atomic mass is 79.9. The van der Waals surface area contributed by atoms with E-state index in [4.69, 9.17) is 0 Å². The maximum atomic E-state index is 13.3. The molecule has 0 heterocycles. The molecule has 0 saturated carbocycles. The first kappa shape index (κ1) is 15.6. The molecule has 102 valence electrons. The summed E-state index contributed by atoms with van der Waals surface area (Å²) >= 11 is 3.29. The Morgan fingerprint density at radius 3 is 2.78 bits per heavy atom. The number of hydrogen-bond donors (Lipinski definition) is 1. The van der Waals surface area contributed by atoms with E-state index in [1.807, 2.05) is 6.07 Å². The molecule has 1 aromatic carbocycles. The van der Waals surface area contributed by atoms with Crippen LogP contribution >= 0.6 is 15.9 Å². The van der Waals surface area contributed by atoms with Crippen molar-refractivity contribution in [1.82, 2.24) is 5.32 Å². The van der Waals surface area contributed by atoms with Crippen molar-refractivity contribution in [2.45, 2.75) is 58.5 Å². The van der Waals surface area contributed by atoms with Crippen molar-refractivity contribution in [1.29, 1.82) is 0 Å². The monoisotopic (exact) mass is 315 g/mol. The van der Waals surface area contributed by atoms with Gasteiger partial charge >= 0.3 is 0 Å². The Kier molecular flexibility index (Phi) is 7.52. The Bertz CT molecular complexity index is 354. The normalized spacial score (nSPS) is 12.7. The van der Waals surface area contributed by atoms with Gasteiger partial charge in [-0.15, -0.1) is 0 Å². The standard InChI is InChI=1S/C15H23BrFN/c1-3-4-5-6-8-12(2)18-11-13-9-7-10-14(17)15(13)16/h7,9-10,12,18H,3-6,8,11H2,1-2H3. The first-order valence-electron chi connectivity index (χ1n) is 6.81. The Balaban J connectivity index is 2.29. The lowest BCUT2D eigenvalue weighted by atomic mass is 10.1. The van der Waals surface area contributed by atoms with Gasteiger partial charge in [0.1, 0.15) is 5.82 Å². The predicted molar refractivity (Wildman–Crippen MR) is 79.2 cm³/mol. The molecule has 3 heteroatoms. The van der Waals surface area contributed by atoms with Gasteiger partial charge in [0.05, 0.1) is 4.47 Å². The largest absolute Gasteiger partial charge is 0.310 e. The molecule has 0 aliphatic carbocycles. The number of rotatable bonds is 8. The van der Waals surface area contributed by atoms with Crippen molar-refractivity contribution in [3.8, 4) is 0 Å². The molecule has 0 radical (unpaired) electrons. The van der Waals surface area contributed by atoms with E-state index in [1.54, 1.807) is 6.07 Å². The van der Waals surface area contributed by atoms with E-state index in [0.717, 1.165) is 5.56 Å². The molecule has 0 aliphatic rings. The lowest BCUT2D eigenvalue weighted by Crippen LogP contribution is -2.25. The second-order valence-corrected chi connectivity index (χ2v) is 5.64. The third-order valence-corrected chi connectivity index (χ3v) is 4.05.